The molecule has 0 spiro atoms. The van der Waals surface area contributed by atoms with Gasteiger partial charge in [-0.05, 0) is 25.7 Å². The van der Waals surface area contributed by atoms with E-state index in [0.717, 1.165) is 12.8 Å². The van der Waals surface area contributed by atoms with Gasteiger partial charge in [-0.1, -0.05) is 0 Å². The number of carboxylic acids is 1. The van der Waals surface area contributed by atoms with Crippen LogP contribution in [0.4, 0.5) is 0 Å². The fraction of sp³-hybridized carbons (Fsp3) is 0.833. The van der Waals surface area contributed by atoms with Crippen LogP contribution in [-0.4, -0.2) is 48.2 Å². The highest BCUT2D eigenvalue weighted by Crippen LogP contribution is 2.20. The van der Waals surface area contributed by atoms with Crippen LogP contribution in [0, 0.1) is 5.92 Å². The van der Waals surface area contributed by atoms with Gasteiger partial charge in [0, 0.05) is 39.1 Å². The van der Waals surface area contributed by atoms with Crippen LogP contribution in [0.2, 0.25) is 0 Å². The number of nitrogens with zero attached hydrogens (tertiary/aromatic N) is 1. The summed E-state index contributed by atoms with van der Waals surface area (Å²) in [7, 11) is 0. The first-order valence-corrected chi connectivity index (χ1v) is 6.20. The zero-order valence-electron chi connectivity index (χ0n) is 10.4. The quantitative estimate of drug-likeness (QED) is 0.681. The van der Waals surface area contributed by atoms with Crippen molar-refractivity contribution in [1.82, 2.24) is 4.90 Å². The van der Waals surface area contributed by atoms with Gasteiger partial charge in [0.15, 0.2) is 0 Å². The predicted molar refractivity (Wildman–Crippen MR) is 62.7 cm³/mol. The molecule has 17 heavy (non-hydrogen) atoms. The molecule has 0 aromatic rings. The maximum absolute atomic E-state index is 11.8. The smallest absolute Gasteiger partial charge is 0.303 e. The molecule has 0 bridgehead atoms. The average Bonchev–Trinajstić information content (AvgIpc) is 2.71. The molecule has 1 aliphatic rings. The van der Waals surface area contributed by atoms with Gasteiger partial charge in [-0.2, -0.15) is 0 Å². The molecule has 0 radical (unpaired) electrons. The Morgan fingerprint density at radius 3 is 2.88 bits per heavy atom. The Labute approximate surface area is 102 Å². The van der Waals surface area contributed by atoms with E-state index in [0.29, 0.717) is 32.7 Å². The van der Waals surface area contributed by atoms with E-state index in [1.54, 1.807) is 4.90 Å². The fourth-order valence-corrected chi connectivity index (χ4v) is 2.10. The second-order valence-electron chi connectivity index (χ2n) is 4.39. The summed E-state index contributed by atoms with van der Waals surface area (Å²) in [5.41, 5.74) is 0. The van der Waals surface area contributed by atoms with E-state index in [1.165, 1.54) is 0 Å². The summed E-state index contributed by atoms with van der Waals surface area (Å²) in [6.07, 6.45) is 2.22. The molecule has 0 aliphatic carbocycles. The lowest BCUT2D eigenvalue weighted by molar-refractivity contribution is -0.138. The van der Waals surface area contributed by atoms with Gasteiger partial charge in [-0.3, -0.25) is 9.59 Å². The van der Waals surface area contributed by atoms with Crippen LogP contribution in [0.25, 0.3) is 0 Å². The van der Waals surface area contributed by atoms with E-state index < -0.39 is 5.97 Å². The Kier molecular flexibility index (Phi) is 5.97. The molecule has 1 aliphatic heterocycles. The third-order valence-electron chi connectivity index (χ3n) is 2.99. The van der Waals surface area contributed by atoms with Crippen LogP contribution in [0.1, 0.15) is 32.6 Å². The molecule has 1 heterocycles. The van der Waals surface area contributed by atoms with Gasteiger partial charge in [0.1, 0.15) is 0 Å². The lowest BCUT2D eigenvalue weighted by Crippen LogP contribution is -2.29. The minimum atomic E-state index is -0.777. The van der Waals surface area contributed by atoms with E-state index in [2.05, 4.69) is 0 Å². The molecule has 1 fully saturated rings. The van der Waals surface area contributed by atoms with Gasteiger partial charge >= 0.3 is 5.97 Å². The lowest BCUT2D eigenvalue weighted by atomic mass is 10.1. The van der Waals surface area contributed by atoms with E-state index in [9.17, 15) is 9.59 Å². The zero-order chi connectivity index (χ0) is 12.7. The van der Waals surface area contributed by atoms with Crippen molar-refractivity contribution in [2.75, 3.05) is 26.3 Å². The Morgan fingerprint density at radius 1 is 1.47 bits per heavy atom. The van der Waals surface area contributed by atoms with E-state index in [4.69, 9.17) is 9.84 Å². The number of carboxylic acid groups (broad SMARTS) is 1. The summed E-state index contributed by atoms with van der Waals surface area (Å²) in [6.45, 7) is 4.52. The molecule has 1 rings (SSSR count). The van der Waals surface area contributed by atoms with E-state index in [-0.39, 0.29) is 18.2 Å². The minimum Gasteiger partial charge on any atom is -0.481 e. The molecular formula is C12H21NO4. The number of rotatable bonds is 7. The Balaban J connectivity index is 2.18. The Bertz CT molecular complexity index is 267. The van der Waals surface area contributed by atoms with Crippen molar-refractivity contribution < 1.29 is 19.4 Å². The number of carbonyl (C=O) groups excluding carboxylic acids is 1. The highest BCUT2D eigenvalue weighted by molar-refractivity contribution is 5.76. The second-order valence-corrected chi connectivity index (χ2v) is 4.39. The maximum Gasteiger partial charge on any atom is 0.303 e. The second kappa shape index (κ2) is 7.27. The molecule has 5 heteroatoms. The normalized spacial score (nSPS) is 19.6. The molecule has 98 valence electrons. The van der Waals surface area contributed by atoms with Gasteiger partial charge in [0.2, 0.25) is 5.91 Å². The summed E-state index contributed by atoms with van der Waals surface area (Å²) < 4.78 is 5.17. The molecular weight excluding hydrogens is 222 g/mol. The summed E-state index contributed by atoms with van der Waals surface area (Å²) in [6, 6.07) is 0. The van der Waals surface area contributed by atoms with Crippen molar-refractivity contribution in [3.05, 3.63) is 0 Å². The number of hydrogen-bond acceptors (Lipinski definition) is 3. The van der Waals surface area contributed by atoms with Crippen LogP contribution < -0.4 is 0 Å². The van der Waals surface area contributed by atoms with Crippen LogP contribution in [0.3, 0.4) is 0 Å². The van der Waals surface area contributed by atoms with Gasteiger partial charge in [0.05, 0.1) is 0 Å². The number of hydrogen-bond donors (Lipinski definition) is 1. The molecule has 0 aromatic heterocycles. The number of likely N-dealkylation sites (tertiary alicyclic amines) is 1. The standard InChI is InChI=1S/C12H21NO4/c1-2-17-7-3-4-11(14)13-6-5-10(9-13)8-12(15)16/h10H,2-9H2,1H3,(H,15,16). The summed E-state index contributed by atoms with van der Waals surface area (Å²) in [4.78, 5) is 24.1. The van der Waals surface area contributed by atoms with Gasteiger partial charge < -0.3 is 14.7 Å². The first-order valence-electron chi connectivity index (χ1n) is 6.20. The molecule has 5 nitrogen and oxygen atoms in total. The molecule has 1 saturated heterocycles. The van der Waals surface area contributed by atoms with Crippen molar-refractivity contribution in [3.63, 3.8) is 0 Å². The molecule has 0 saturated carbocycles. The molecule has 1 amide bonds. The first-order chi connectivity index (χ1) is 8.13. The minimum absolute atomic E-state index is 0.123. The number of aliphatic carboxylic acids is 1. The van der Waals surface area contributed by atoms with Crippen LogP contribution >= 0.6 is 0 Å². The summed E-state index contributed by atoms with van der Waals surface area (Å²) in [5.74, 6) is -0.526. The third-order valence-corrected chi connectivity index (χ3v) is 2.99. The largest absolute Gasteiger partial charge is 0.481 e. The number of carbonyl (C=O) groups is 2. The van der Waals surface area contributed by atoms with E-state index >= 15 is 0 Å². The molecule has 0 aromatic carbocycles. The molecule has 1 N–H and O–H groups in total. The van der Waals surface area contributed by atoms with Crippen LogP contribution in [0.15, 0.2) is 0 Å². The SMILES string of the molecule is CCOCCCC(=O)N1CCC(CC(=O)O)C1. The lowest BCUT2D eigenvalue weighted by Gasteiger charge is -2.16. The van der Waals surface area contributed by atoms with Gasteiger partial charge in [0.25, 0.3) is 0 Å². The van der Waals surface area contributed by atoms with E-state index in [1.807, 2.05) is 6.92 Å². The highest BCUT2D eigenvalue weighted by Gasteiger charge is 2.27. The highest BCUT2D eigenvalue weighted by atomic mass is 16.5. The van der Waals surface area contributed by atoms with Crippen molar-refractivity contribution >= 4 is 11.9 Å². The summed E-state index contributed by atoms with van der Waals surface area (Å²) in [5, 5.41) is 8.68. The summed E-state index contributed by atoms with van der Waals surface area (Å²) >= 11 is 0. The fourth-order valence-electron chi connectivity index (χ4n) is 2.10. The Morgan fingerprint density at radius 2 is 2.24 bits per heavy atom. The van der Waals surface area contributed by atoms with Crippen molar-refractivity contribution in [3.8, 4) is 0 Å². The first kappa shape index (κ1) is 14.0. The molecule has 1 unspecified atom stereocenters. The van der Waals surface area contributed by atoms with Crippen LogP contribution in [-0.2, 0) is 14.3 Å². The van der Waals surface area contributed by atoms with Crippen LogP contribution in [0.5, 0.6) is 0 Å². The maximum atomic E-state index is 11.8. The average molecular weight is 243 g/mol. The van der Waals surface area contributed by atoms with Gasteiger partial charge in [-0.25, -0.2) is 0 Å². The Hall–Kier alpha value is -1.10. The molecule has 1 atom stereocenters. The predicted octanol–water partition coefficient (Wildman–Crippen LogP) is 1.13. The topological polar surface area (TPSA) is 66.8 Å². The monoisotopic (exact) mass is 243 g/mol. The number of amides is 1. The number of ether oxygens (including phenoxy) is 1. The van der Waals surface area contributed by atoms with Crippen molar-refractivity contribution in [2.24, 2.45) is 5.92 Å². The van der Waals surface area contributed by atoms with Gasteiger partial charge in [-0.15, -0.1) is 0 Å². The van der Waals surface area contributed by atoms with Crippen molar-refractivity contribution in [1.29, 1.82) is 0 Å². The zero-order valence-corrected chi connectivity index (χ0v) is 10.4. The third kappa shape index (κ3) is 5.17. The van der Waals surface area contributed by atoms with Crippen molar-refractivity contribution in [2.45, 2.75) is 32.6 Å².